The van der Waals surface area contributed by atoms with Gasteiger partial charge in [-0.3, -0.25) is 14.8 Å². The molecule has 0 aliphatic carbocycles. The van der Waals surface area contributed by atoms with Crippen molar-refractivity contribution >= 4 is 39.3 Å². The highest BCUT2D eigenvalue weighted by Crippen LogP contribution is 2.32. The summed E-state index contributed by atoms with van der Waals surface area (Å²) >= 11 is 9.42. The van der Waals surface area contributed by atoms with Gasteiger partial charge in [0.1, 0.15) is 6.54 Å². The molecule has 1 fully saturated rings. The molecular weight excluding hydrogens is 384 g/mol. The predicted molar refractivity (Wildman–Crippen MR) is 88.0 cm³/mol. The second-order valence-corrected chi connectivity index (χ2v) is 6.40. The lowest BCUT2D eigenvalue weighted by Gasteiger charge is -2.26. The van der Waals surface area contributed by atoms with Gasteiger partial charge < -0.3 is 4.90 Å². The molecule has 1 heterocycles. The van der Waals surface area contributed by atoms with E-state index in [9.17, 15) is 14.8 Å². The molecule has 0 radical (unpaired) electrons. The molecule has 1 atom stereocenters. The minimum atomic E-state index is -0.885. The summed E-state index contributed by atoms with van der Waals surface area (Å²) in [5.74, 6) is -0.958. The molecule has 23 heavy (non-hydrogen) atoms. The Morgan fingerprint density at radius 3 is 2.65 bits per heavy atom. The highest BCUT2D eigenvalue weighted by atomic mass is 79.9. The number of hydrogen-bond acceptors (Lipinski definition) is 3. The normalized spacial score (nSPS) is 17.7. The summed E-state index contributed by atoms with van der Waals surface area (Å²) in [5, 5.41) is 11.0. The summed E-state index contributed by atoms with van der Waals surface area (Å²) < 4.78 is 0.785. The molecule has 0 bridgehead atoms. The number of hydroxylamine groups is 2. The second-order valence-electron chi connectivity index (χ2n) is 5.08. The third kappa shape index (κ3) is 2.97. The van der Waals surface area contributed by atoms with Gasteiger partial charge in [0.25, 0.3) is 11.8 Å². The van der Waals surface area contributed by atoms with E-state index in [1.165, 1.54) is 4.90 Å². The average Bonchev–Trinajstić information content (AvgIpc) is 2.83. The van der Waals surface area contributed by atoms with E-state index in [1.807, 2.05) is 6.07 Å². The first-order valence-electron chi connectivity index (χ1n) is 6.81. The van der Waals surface area contributed by atoms with Crippen LogP contribution in [-0.4, -0.2) is 33.5 Å². The Morgan fingerprint density at radius 2 is 1.96 bits per heavy atom. The van der Waals surface area contributed by atoms with Crippen LogP contribution in [0.3, 0.4) is 0 Å². The smallest absolute Gasteiger partial charge is 0.267 e. The Kier molecular flexibility index (Phi) is 4.39. The molecule has 1 aliphatic heterocycles. The quantitative estimate of drug-likeness (QED) is 0.792. The van der Waals surface area contributed by atoms with Crippen LogP contribution in [0.4, 0.5) is 0 Å². The Balaban J connectivity index is 2.01. The molecule has 1 aliphatic rings. The van der Waals surface area contributed by atoms with Crippen LogP contribution in [0.5, 0.6) is 0 Å². The molecule has 1 unspecified atom stereocenters. The first-order chi connectivity index (χ1) is 11.0. The third-order valence-corrected chi connectivity index (χ3v) is 4.42. The van der Waals surface area contributed by atoms with Gasteiger partial charge in [-0.15, -0.1) is 0 Å². The van der Waals surface area contributed by atoms with Crippen molar-refractivity contribution in [2.75, 3.05) is 6.54 Å². The number of amides is 2. The lowest BCUT2D eigenvalue weighted by atomic mass is 10.1. The van der Waals surface area contributed by atoms with Gasteiger partial charge in [0, 0.05) is 4.47 Å². The maximum absolute atomic E-state index is 12.8. The van der Waals surface area contributed by atoms with Gasteiger partial charge in [-0.1, -0.05) is 51.8 Å². The molecule has 2 aromatic rings. The van der Waals surface area contributed by atoms with Crippen molar-refractivity contribution in [3.05, 3.63) is 69.2 Å². The Labute approximate surface area is 146 Å². The standard InChI is InChI=1S/C16H12BrClN2O3/c17-11-5-3-4-10(8-11)15-19(9-14(21)20(15)23)16(22)12-6-1-2-7-13(12)18/h1-8,15,23H,9H2. The summed E-state index contributed by atoms with van der Waals surface area (Å²) in [4.78, 5) is 26.0. The van der Waals surface area contributed by atoms with Gasteiger partial charge in [-0.2, -0.15) is 5.06 Å². The van der Waals surface area contributed by atoms with Gasteiger partial charge >= 0.3 is 0 Å². The molecule has 0 spiro atoms. The number of carbonyl (C=O) groups excluding carboxylic acids is 2. The van der Waals surface area contributed by atoms with E-state index in [0.29, 0.717) is 15.6 Å². The largest absolute Gasteiger partial charge is 0.302 e. The van der Waals surface area contributed by atoms with Crippen LogP contribution < -0.4 is 0 Å². The van der Waals surface area contributed by atoms with E-state index in [-0.39, 0.29) is 12.1 Å². The van der Waals surface area contributed by atoms with Crippen molar-refractivity contribution in [3.63, 3.8) is 0 Å². The first-order valence-corrected chi connectivity index (χ1v) is 7.98. The van der Waals surface area contributed by atoms with Crippen LogP contribution in [0.2, 0.25) is 5.02 Å². The highest BCUT2D eigenvalue weighted by molar-refractivity contribution is 9.10. The van der Waals surface area contributed by atoms with Gasteiger partial charge in [0.2, 0.25) is 0 Å². The summed E-state index contributed by atoms with van der Waals surface area (Å²) in [7, 11) is 0. The van der Waals surface area contributed by atoms with Crippen molar-refractivity contribution in [2.24, 2.45) is 0 Å². The van der Waals surface area contributed by atoms with Gasteiger partial charge in [-0.05, 0) is 29.8 Å². The molecule has 118 valence electrons. The fourth-order valence-corrected chi connectivity index (χ4v) is 3.17. The van der Waals surface area contributed by atoms with Gasteiger partial charge in [0.15, 0.2) is 6.17 Å². The molecule has 1 saturated heterocycles. The number of halogens is 2. The molecule has 3 rings (SSSR count). The summed E-state index contributed by atoms with van der Waals surface area (Å²) in [6.07, 6.45) is -0.885. The lowest BCUT2D eigenvalue weighted by Crippen LogP contribution is -2.34. The molecule has 0 saturated carbocycles. The van der Waals surface area contributed by atoms with E-state index in [1.54, 1.807) is 42.5 Å². The number of hydrogen-bond donors (Lipinski definition) is 1. The zero-order chi connectivity index (χ0) is 16.6. The summed E-state index contributed by atoms with van der Waals surface area (Å²) in [6.45, 7) is -0.211. The highest BCUT2D eigenvalue weighted by Gasteiger charge is 2.41. The lowest BCUT2D eigenvalue weighted by molar-refractivity contribution is -0.168. The summed E-state index contributed by atoms with van der Waals surface area (Å²) in [5.41, 5.74) is 0.908. The predicted octanol–water partition coefficient (Wildman–Crippen LogP) is 3.47. The van der Waals surface area contributed by atoms with Gasteiger partial charge in [0.05, 0.1) is 10.6 Å². The minimum absolute atomic E-state index is 0.211. The van der Waals surface area contributed by atoms with Crippen molar-refractivity contribution in [3.8, 4) is 0 Å². The van der Waals surface area contributed by atoms with E-state index in [0.717, 1.165) is 4.47 Å². The fourth-order valence-electron chi connectivity index (χ4n) is 2.53. The van der Waals surface area contributed by atoms with Crippen LogP contribution in [0.15, 0.2) is 53.0 Å². The topological polar surface area (TPSA) is 60.9 Å². The van der Waals surface area contributed by atoms with Crippen molar-refractivity contribution in [1.29, 1.82) is 0 Å². The monoisotopic (exact) mass is 394 g/mol. The van der Waals surface area contributed by atoms with Crippen molar-refractivity contribution in [2.45, 2.75) is 6.17 Å². The molecule has 5 nitrogen and oxygen atoms in total. The molecule has 1 N–H and O–H groups in total. The zero-order valence-electron chi connectivity index (χ0n) is 11.8. The third-order valence-electron chi connectivity index (χ3n) is 3.60. The second kappa shape index (κ2) is 6.31. The van der Waals surface area contributed by atoms with E-state index in [4.69, 9.17) is 11.6 Å². The molecule has 2 aromatic carbocycles. The van der Waals surface area contributed by atoms with Crippen molar-refractivity contribution in [1.82, 2.24) is 9.96 Å². The van der Waals surface area contributed by atoms with E-state index < -0.39 is 18.0 Å². The maximum atomic E-state index is 12.8. The number of carbonyl (C=O) groups is 2. The molecule has 2 amide bonds. The van der Waals surface area contributed by atoms with Gasteiger partial charge in [-0.25, -0.2) is 0 Å². The number of benzene rings is 2. The molecular formula is C16H12BrClN2O3. The number of rotatable bonds is 2. The van der Waals surface area contributed by atoms with Crippen LogP contribution in [0.1, 0.15) is 22.1 Å². The fraction of sp³-hybridized carbons (Fsp3) is 0.125. The Morgan fingerprint density at radius 1 is 1.22 bits per heavy atom. The van der Waals surface area contributed by atoms with Crippen LogP contribution in [0, 0.1) is 0 Å². The maximum Gasteiger partial charge on any atom is 0.267 e. The van der Waals surface area contributed by atoms with E-state index >= 15 is 0 Å². The van der Waals surface area contributed by atoms with Crippen LogP contribution in [-0.2, 0) is 4.79 Å². The van der Waals surface area contributed by atoms with E-state index in [2.05, 4.69) is 15.9 Å². The van der Waals surface area contributed by atoms with Crippen LogP contribution >= 0.6 is 27.5 Å². The zero-order valence-corrected chi connectivity index (χ0v) is 14.2. The SMILES string of the molecule is O=C1CN(C(=O)c2ccccc2Cl)C(c2cccc(Br)c2)N1O. The van der Waals surface area contributed by atoms with Crippen LogP contribution in [0.25, 0.3) is 0 Å². The Bertz CT molecular complexity index is 783. The summed E-state index contributed by atoms with van der Waals surface area (Å²) in [6, 6.07) is 13.7. The number of nitrogens with zero attached hydrogens (tertiary/aromatic N) is 2. The first kappa shape index (κ1) is 16.0. The minimum Gasteiger partial charge on any atom is -0.302 e. The Hall–Kier alpha value is -1.89. The van der Waals surface area contributed by atoms with Crippen molar-refractivity contribution < 1.29 is 14.8 Å². The average molecular weight is 396 g/mol. The molecule has 0 aromatic heterocycles. The molecule has 7 heteroatoms.